The number of benzene rings is 1. The van der Waals surface area contributed by atoms with Crippen LogP contribution in [0.5, 0.6) is 0 Å². The average Bonchev–Trinajstić information content (AvgIpc) is 2.99. The molecule has 3 rings (SSSR count). The third kappa shape index (κ3) is 4.29. The molecule has 0 N–H and O–H groups in total. The van der Waals surface area contributed by atoms with Gasteiger partial charge in [0.05, 0.1) is 6.54 Å². The average molecular weight is 311 g/mol. The van der Waals surface area contributed by atoms with Gasteiger partial charge in [0, 0.05) is 18.5 Å². The molecule has 1 aromatic heterocycles. The highest BCUT2D eigenvalue weighted by Crippen LogP contribution is 2.23. The van der Waals surface area contributed by atoms with Gasteiger partial charge in [0.2, 0.25) is 11.8 Å². The number of rotatable bonds is 3. The van der Waals surface area contributed by atoms with Crippen LogP contribution in [0.25, 0.3) is 6.08 Å². The Labute approximate surface area is 138 Å². The molecule has 4 nitrogen and oxygen atoms in total. The standard InChI is InChI=1S/C19H25N3O/c1-19(2,3)18-21-20-17(23-18)14-22-11-9-16(10-12-22)13-15-7-5-4-6-8-15/h4-8,13H,9-12,14H2,1-3H3. The fourth-order valence-electron chi connectivity index (χ4n) is 2.74. The maximum Gasteiger partial charge on any atom is 0.230 e. The molecule has 1 aliphatic rings. The molecule has 1 fully saturated rings. The first-order valence-electron chi connectivity index (χ1n) is 8.30. The van der Waals surface area contributed by atoms with Crippen LogP contribution in [-0.2, 0) is 12.0 Å². The van der Waals surface area contributed by atoms with E-state index >= 15 is 0 Å². The first-order valence-corrected chi connectivity index (χ1v) is 8.30. The van der Waals surface area contributed by atoms with Crippen molar-refractivity contribution in [3.63, 3.8) is 0 Å². The van der Waals surface area contributed by atoms with E-state index in [1.807, 2.05) is 0 Å². The molecule has 0 atom stereocenters. The summed E-state index contributed by atoms with van der Waals surface area (Å²) in [6.45, 7) is 9.11. The molecule has 0 unspecified atom stereocenters. The van der Waals surface area contributed by atoms with E-state index in [1.165, 1.54) is 11.1 Å². The van der Waals surface area contributed by atoms with Crippen LogP contribution in [0.15, 0.2) is 40.3 Å². The quantitative estimate of drug-likeness (QED) is 0.857. The molecule has 122 valence electrons. The normalized spacial score (nSPS) is 16.6. The SMILES string of the molecule is CC(C)(C)c1nnc(CN2CCC(=Cc3ccccc3)CC2)o1. The van der Waals surface area contributed by atoms with Gasteiger partial charge < -0.3 is 4.42 Å². The van der Waals surface area contributed by atoms with Crippen LogP contribution in [0.4, 0.5) is 0 Å². The minimum atomic E-state index is -0.0846. The maximum atomic E-state index is 5.79. The summed E-state index contributed by atoms with van der Waals surface area (Å²) in [6.07, 6.45) is 4.53. The van der Waals surface area contributed by atoms with Gasteiger partial charge >= 0.3 is 0 Å². The lowest BCUT2D eigenvalue weighted by molar-refractivity contribution is 0.219. The van der Waals surface area contributed by atoms with E-state index in [2.05, 4.69) is 72.3 Å². The van der Waals surface area contributed by atoms with E-state index in [9.17, 15) is 0 Å². The number of hydrogen-bond acceptors (Lipinski definition) is 4. The molecular formula is C19H25N3O. The van der Waals surface area contributed by atoms with Gasteiger partial charge in [-0.2, -0.15) is 0 Å². The van der Waals surface area contributed by atoms with E-state index < -0.39 is 0 Å². The molecule has 0 radical (unpaired) electrons. The largest absolute Gasteiger partial charge is 0.423 e. The summed E-state index contributed by atoms with van der Waals surface area (Å²) in [4.78, 5) is 2.39. The Balaban J connectivity index is 1.55. The minimum Gasteiger partial charge on any atom is -0.423 e. The maximum absolute atomic E-state index is 5.79. The summed E-state index contributed by atoms with van der Waals surface area (Å²) in [5, 5.41) is 8.36. The third-order valence-corrected chi connectivity index (χ3v) is 4.14. The van der Waals surface area contributed by atoms with Gasteiger partial charge in [-0.05, 0) is 18.4 Å². The summed E-state index contributed by atoms with van der Waals surface area (Å²) in [6, 6.07) is 10.5. The fourth-order valence-corrected chi connectivity index (χ4v) is 2.74. The van der Waals surface area contributed by atoms with E-state index in [1.54, 1.807) is 0 Å². The lowest BCUT2D eigenvalue weighted by Gasteiger charge is -2.27. The number of hydrogen-bond donors (Lipinski definition) is 0. The predicted octanol–water partition coefficient (Wildman–Crippen LogP) is 4.05. The van der Waals surface area contributed by atoms with E-state index in [0.29, 0.717) is 5.89 Å². The lowest BCUT2D eigenvalue weighted by atomic mass is 9.97. The van der Waals surface area contributed by atoms with Gasteiger partial charge in [-0.3, -0.25) is 4.90 Å². The second kappa shape index (κ2) is 6.67. The summed E-state index contributed by atoms with van der Waals surface area (Å²) >= 11 is 0. The van der Waals surface area contributed by atoms with Crippen molar-refractivity contribution >= 4 is 6.08 Å². The fraction of sp³-hybridized carbons (Fsp3) is 0.474. The Morgan fingerprint density at radius 3 is 2.39 bits per heavy atom. The van der Waals surface area contributed by atoms with Crippen LogP contribution >= 0.6 is 0 Å². The molecule has 0 saturated carbocycles. The topological polar surface area (TPSA) is 42.2 Å². The molecule has 23 heavy (non-hydrogen) atoms. The van der Waals surface area contributed by atoms with Crippen molar-refractivity contribution in [2.24, 2.45) is 0 Å². The number of likely N-dealkylation sites (tertiary alicyclic amines) is 1. The Kier molecular flexibility index (Phi) is 4.62. The second-order valence-electron chi connectivity index (χ2n) is 7.24. The molecule has 2 aromatic rings. The molecule has 0 spiro atoms. The van der Waals surface area contributed by atoms with Crippen molar-refractivity contribution in [2.45, 2.75) is 45.6 Å². The third-order valence-electron chi connectivity index (χ3n) is 4.14. The van der Waals surface area contributed by atoms with Crippen molar-refractivity contribution < 1.29 is 4.42 Å². The van der Waals surface area contributed by atoms with Gasteiger partial charge in [0.25, 0.3) is 0 Å². The molecule has 1 aromatic carbocycles. The van der Waals surface area contributed by atoms with Crippen LogP contribution in [0.3, 0.4) is 0 Å². The predicted molar refractivity (Wildman–Crippen MR) is 91.9 cm³/mol. The second-order valence-corrected chi connectivity index (χ2v) is 7.24. The van der Waals surface area contributed by atoms with E-state index in [4.69, 9.17) is 4.42 Å². The smallest absolute Gasteiger partial charge is 0.230 e. The number of piperidine rings is 1. The minimum absolute atomic E-state index is 0.0846. The van der Waals surface area contributed by atoms with Gasteiger partial charge in [-0.25, -0.2) is 0 Å². The first-order chi connectivity index (χ1) is 11.0. The van der Waals surface area contributed by atoms with Crippen molar-refractivity contribution in [1.29, 1.82) is 0 Å². The van der Waals surface area contributed by atoms with Crippen LogP contribution < -0.4 is 0 Å². The summed E-state index contributed by atoms with van der Waals surface area (Å²) < 4.78 is 5.79. The summed E-state index contributed by atoms with van der Waals surface area (Å²) in [5.41, 5.74) is 2.73. The number of aromatic nitrogens is 2. The van der Waals surface area contributed by atoms with Gasteiger partial charge in [0.1, 0.15) is 0 Å². The van der Waals surface area contributed by atoms with E-state index in [-0.39, 0.29) is 5.41 Å². The highest BCUT2D eigenvalue weighted by Gasteiger charge is 2.23. The Morgan fingerprint density at radius 1 is 1.09 bits per heavy atom. The van der Waals surface area contributed by atoms with Crippen LogP contribution in [-0.4, -0.2) is 28.2 Å². The molecule has 2 heterocycles. The van der Waals surface area contributed by atoms with Crippen LogP contribution in [0, 0.1) is 0 Å². The Hall–Kier alpha value is -1.94. The number of nitrogens with zero attached hydrogens (tertiary/aromatic N) is 3. The molecular weight excluding hydrogens is 286 g/mol. The molecule has 4 heteroatoms. The van der Waals surface area contributed by atoms with Gasteiger partial charge in [-0.15, -0.1) is 10.2 Å². The summed E-state index contributed by atoms with van der Waals surface area (Å²) in [5.74, 6) is 1.44. The van der Waals surface area contributed by atoms with Crippen molar-refractivity contribution in [1.82, 2.24) is 15.1 Å². The highest BCUT2D eigenvalue weighted by molar-refractivity contribution is 5.52. The molecule has 0 aliphatic carbocycles. The monoisotopic (exact) mass is 311 g/mol. The van der Waals surface area contributed by atoms with Crippen LogP contribution in [0.2, 0.25) is 0 Å². The highest BCUT2D eigenvalue weighted by atomic mass is 16.4. The van der Waals surface area contributed by atoms with Crippen molar-refractivity contribution in [3.05, 3.63) is 53.2 Å². The van der Waals surface area contributed by atoms with E-state index in [0.717, 1.165) is 38.4 Å². The van der Waals surface area contributed by atoms with Crippen molar-refractivity contribution in [2.75, 3.05) is 13.1 Å². The zero-order valence-electron chi connectivity index (χ0n) is 14.2. The first kappa shape index (κ1) is 15.9. The van der Waals surface area contributed by atoms with Gasteiger partial charge in [-0.1, -0.05) is 62.8 Å². The summed E-state index contributed by atoms with van der Waals surface area (Å²) in [7, 11) is 0. The molecule has 1 aliphatic heterocycles. The molecule has 0 bridgehead atoms. The van der Waals surface area contributed by atoms with Gasteiger partial charge in [0.15, 0.2) is 0 Å². The molecule has 0 amide bonds. The zero-order valence-corrected chi connectivity index (χ0v) is 14.2. The zero-order chi connectivity index (χ0) is 16.3. The molecule has 1 saturated heterocycles. The Bertz CT molecular complexity index is 657. The van der Waals surface area contributed by atoms with Crippen molar-refractivity contribution in [3.8, 4) is 0 Å². The van der Waals surface area contributed by atoms with Crippen LogP contribution in [0.1, 0.15) is 51.0 Å². The Morgan fingerprint density at radius 2 is 1.78 bits per heavy atom. The lowest BCUT2D eigenvalue weighted by Crippen LogP contribution is -2.30.